The van der Waals surface area contributed by atoms with Crippen LogP contribution in [0.2, 0.25) is 5.02 Å². The SMILES string of the molecule is CC[C@@H](c1ccccc1)N(Cc1ccc(C(=O)NCCOC)cc1)S(=O)(=O)c1ccc(Cl)cc1. The van der Waals surface area contributed by atoms with Crippen molar-refractivity contribution in [3.8, 4) is 0 Å². The lowest BCUT2D eigenvalue weighted by Crippen LogP contribution is -2.34. The predicted molar refractivity (Wildman–Crippen MR) is 134 cm³/mol. The third-order valence-corrected chi connectivity index (χ3v) is 7.61. The average Bonchev–Trinajstić information content (AvgIpc) is 2.85. The minimum absolute atomic E-state index is 0.157. The van der Waals surface area contributed by atoms with Crippen molar-refractivity contribution in [3.05, 3.63) is 101 Å². The molecule has 0 aliphatic heterocycles. The average molecular weight is 501 g/mol. The van der Waals surface area contributed by atoms with Gasteiger partial charge in [-0.1, -0.05) is 61.0 Å². The van der Waals surface area contributed by atoms with Crippen molar-refractivity contribution in [3.63, 3.8) is 0 Å². The summed E-state index contributed by atoms with van der Waals surface area (Å²) in [6.07, 6.45) is 0.594. The molecule has 0 bridgehead atoms. The minimum Gasteiger partial charge on any atom is -0.383 e. The van der Waals surface area contributed by atoms with Gasteiger partial charge in [0.1, 0.15) is 0 Å². The number of halogens is 1. The van der Waals surface area contributed by atoms with Gasteiger partial charge in [-0.25, -0.2) is 8.42 Å². The zero-order valence-electron chi connectivity index (χ0n) is 19.3. The van der Waals surface area contributed by atoms with Crippen LogP contribution < -0.4 is 5.32 Å². The summed E-state index contributed by atoms with van der Waals surface area (Å²) in [5.41, 5.74) is 2.19. The van der Waals surface area contributed by atoms with Gasteiger partial charge in [-0.2, -0.15) is 4.31 Å². The summed E-state index contributed by atoms with van der Waals surface area (Å²) >= 11 is 5.99. The quantitative estimate of drug-likeness (QED) is 0.373. The van der Waals surface area contributed by atoms with Crippen molar-refractivity contribution in [2.45, 2.75) is 30.8 Å². The Morgan fingerprint density at radius 2 is 1.65 bits per heavy atom. The molecule has 1 amide bonds. The third-order valence-electron chi connectivity index (χ3n) is 5.49. The van der Waals surface area contributed by atoms with Crippen LogP contribution in [0.25, 0.3) is 0 Å². The molecule has 1 atom stereocenters. The second kappa shape index (κ2) is 12.1. The Labute approximate surface area is 206 Å². The van der Waals surface area contributed by atoms with Gasteiger partial charge in [-0.05, 0) is 53.9 Å². The lowest BCUT2D eigenvalue weighted by molar-refractivity contribution is 0.0937. The number of amides is 1. The Hall–Kier alpha value is -2.71. The lowest BCUT2D eigenvalue weighted by atomic mass is 10.0. The van der Waals surface area contributed by atoms with Crippen LogP contribution in [0.5, 0.6) is 0 Å². The highest BCUT2D eigenvalue weighted by atomic mass is 35.5. The van der Waals surface area contributed by atoms with Crippen LogP contribution >= 0.6 is 11.6 Å². The number of rotatable bonds is 11. The topological polar surface area (TPSA) is 75.7 Å². The highest BCUT2D eigenvalue weighted by molar-refractivity contribution is 7.89. The van der Waals surface area contributed by atoms with Crippen LogP contribution in [-0.4, -0.2) is 38.9 Å². The molecule has 0 aromatic heterocycles. The van der Waals surface area contributed by atoms with E-state index in [4.69, 9.17) is 16.3 Å². The van der Waals surface area contributed by atoms with E-state index in [1.807, 2.05) is 37.3 Å². The summed E-state index contributed by atoms with van der Waals surface area (Å²) in [6.45, 7) is 2.97. The molecule has 180 valence electrons. The number of hydrogen-bond acceptors (Lipinski definition) is 4. The molecular formula is C26H29ClN2O4S. The maximum Gasteiger partial charge on any atom is 0.251 e. The van der Waals surface area contributed by atoms with E-state index >= 15 is 0 Å². The second-order valence-electron chi connectivity index (χ2n) is 7.78. The molecule has 3 aromatic rings. The monoisotopic (exact) mass is 500 g/mol. The summed E-state index contributed by atoms with van der Waals surface area (Å²) in [4.78, 5) is 12.5. The van der Waals surface area contributed by atoms with Crippen molar-refractivity contribution < 1.29 is 17.9 Å². The number of carbonyl (C=O) groups is 1. The van der Waals surface area contributed by atoms with Crippen LogP contribution in [0, 0.1) is 0 Å². The van der Waals surface area contributed by atoms with E-state index < -0.39 is 10.0 Å². The zero-order chi connectivity index (χ0) is 24.6. The van der Waals surface area contributed by atoms with Gasteiger partial charge in [0.05, 0.1) is 17.5 Å². The molecule has 0 aliphatic carbocycles. The van der Waals surface area contributed by atoms with Crippen molar-refractivity contribution in [1.29, 1.82) is 0 Å². The molecule has 34 heavy (non-hydrogen) atoms. The first-order valence-corrected chi connectivity index (χ1v) is 12.9. The smallest absolute Gasteiger partial charge is 0.251 e. The molecule has 0 saturated carbocycles. The molecule has 6 nitrogen and oxygen atoms in total. The zero-order valence-corrected chi connectivity index (χ0v) is 20.9. The fourth-order valence-electron chi connectivity index (χ4n) is 3.70. The highest BCUT2D eigenvalue weighted by Crippen LogP contribution is 2.32. The molecule has 0 saturated heterocycles. The Balaban J connectivity index is 1.93. The van der Waals surface area contributed by atoms with E-state index in [0.717, 1.165) is 11.1 Å². The second-order valence-corrected chi connectivity index (χ2v) is 10.1. The molecule has 8 heteroatoms. The predicted octanol–water partition coefficient (Wildman–Crippen LogP) is 5.06. The first-order valence-electron chi connectivity index (χ1n) is 11.0. The molecule has 0 radical (unpaired) electrons. The standard InChI is InChI=1S/C26H29ClN2O4S/c1-3-25(21-7-5-4-6-8-21)29(34(31,32)24-15-13-23(27)14-16-24)19-20-9-11-22(12-10-20)26(30)28-17-18-33-2/h4-16,25H,3,17-19H2,1-2H3,(H,28,30)/t25-/m0/s1. The van der Waals surface area contributed by atoms with E-state index in [1.54, 1.807) is 43.5 Å². The van der Waals surface area contributed by atoms with Crippen molar-refractivity contribution in [2.24, 2.45) is 0 Å². The third kappa shape index (κ3) is 6.45. The summed E-state index contributed by atoms with van der Waals surface area (Å²) in [5.74, 6) is -0.204. The Morgan fingerprint density at radius 1 is 1.00 bits per heavy atom. The number of carbonyl (C=O) groups excluding carboxylic acids is 1. The Morgan fingerprint density at radius 3 is 2.24 bits per heavy atom. The van der Waals surface area contributed by atoms with E-state index in [1.165, 1.54) is 16.4 Å². The normalized spacial score (nSPS) is 12.5. The maximum absolute atomic E-state index is 13.8. The fourth-order valence-corrected chi connectivity index (χ4v) is 5.50. The Kier molecular flexibility index (Phi) is 9.24. The number of nitrogens with one attached hydrogen (secondary N) is 1. The molecule has 1 N–H and O–H groups in total. The van der Waals surface area contributed by atoms with Gasteiger partial charge in [-0.15, -0.1) is 0 Å². The van der Waals surface area contributed by atoms with Gasteiger partial charge in [0.15, 0.2) is 0 Å². The molecule has 0 heterocycles. The summed E-state index contributed by atoms with van der Waals surface area (Å²) in [6, 6.07) is 22.4. The molecule has 0 fully saturated rings. The number of sulfonamides is 1. The first-order chi connectivity index (χ1) is 16.4. The highest BCUT2D eigenvalue weighted by Gasteiger charge is 2.31. The summed E-state index contributed by atoms with van der Waals surface area (Å²) in [5, 5.41) is 3.25. The van der Waals surface area contributed by atoms with E-state index in [9.17, 15) is 13.2 Å². The number of benzene rings is 3. The van der Waals surface area contributed by atoms with Gasteiger partial charge < -0.3 is 10.1 Å². The maximum atomic E-state index is 13.8. The van der Waals surface area contributed by atoms with Crippen LogP contribution in [-0.2, 0) is 21.3 Å². The first kappa shape index (κ1) is 25.9. The van der Waals surface area contributed by atoms with Crippen LogP contribution in [0.3, 0.4) is 0 Å². The summed E-state index contributed by atoms with van der Waals surface area (Å²) < 4.78 is 34.0. The molecule has 3 aromatic carbocycles. The Bertz CT molecular complexity index is 1170. The van der Waals surface area contributed by atoms with Gasteiger partial charge in [0, 0.05) is 30.8 Å². The largest absolute Gasteiger partial charge is 0.383 e. The lowest BCUT2D eigenvalue weighted by Gasteiger charge is -2.31. The number of ether oxygens (including phenoxy) is 1. The number of nitrogens with zero attached hydrogens (tertiary/aromatic N) is 1. The van der Waals surface area contributed by atoms with Gasteiger partial charge in [0.25, 0.3) is 5.91 Å². The van der Waals surface area contributed by atoms with Crippen LogP contribution in [0.4, 0.5) is 0 Å². The minimum atomic E-state index is -3.84. The molecule has 3 rings (SSSR count). The van der Waals surface area contributed by atoms with Crippen LogP contribution in [0.1, 0.15) is 40.9 Å². The van der Waals surface area contributed by atoms with E-state index in [0.29, 0.717) is 30.2 Å². The van der Waals surface area contributed by atoms with Crippen molar-refractivity contribution >= 4 is 27.5 Å². The van der Waals surface area contributed by atoms with E-state index in [2.05, 4.69) is 5.32 Å². The van der Waals surface area contributed by atoms with Gasteiger partial charge in [-0.3, -0.25) is 4.79 Å². The van der Waals surface area contributed by atoms with Crippen LogP contribution in [0.15, 0.2) is 83.8 Å². The van der Waals surface area contributed by atoms with E-state index in [-0.39, 0.29) is 23.4 Å². The molecule has 0 spiro atoms. The summed E-state index contributed by atoms with van der Waals surface area (Å²) in [7, 11) is -2.26. The number of hydrogen-bond donors (Lipinski definition) is 1. The van der Waals surface area contributed by atoms with Crippen molar-refractivity contribution in [1.82, 2.24) is 9.62 Å². The van der Waals surface area contributed by atoms with Gasteiger partial charge in [0.2, 0.25) is 10.0 Å². The fraction of sp³-hybridized carbons (Fsp3) is 0.269. The van der Waals surface area contributed by atoms with Crippen molar-refractivity contribution in [2.75, 3.05) is 20.3 Å². The van der Waals surface area contributed by atoms with Gasteiger partial charge >= 0.3 is 0 Å². The molecule has 0 unspecified atom stereocenters. The molecular weight excluding hydrogens is 472 g/mol. The number of methoxy groups -OCH3 is 1. The molecule has 0 aliphatic rings.